The van der Waals surface area contributed by atoms with Gasteiger partial charge in [0.15, 0.2) is 0 Å². The molecule has 18 heavy (non-hydrogen) atoms. The molecule has 0 unspecified atom stereocenters. The van der Waals surface area contributed by atoms with Crippen LogP contribution in [0.4, 0.5) is 0 Å². The highest BCUT2D eigenvalue weighted by Gasteiger charge is 2.06. The molecule has 92 valence electrons. The van der Waals surface area contributed by atoms with Crippen LogP contribution >= 0.6 is 34.5 Å². The summed E-state index contributed by atoms with van der Waals surface area (Å²) in [5, 5.41) is 6.54. The molecule has 0 aliphatic heterocycles. The van der Waals surface area contributed by atoms with Gasteiger partial charge in [-0.1, -0.05) is 29.3 Å². The van der Waals surface area contributed by atoms with Crippen LogP contribution in [0.25, 0.3) is 0 Å². The molecule has 0 atom stereocenters. The lowest BCUT2D eigenvalue weighted by Crippen LogP contribution is -2.17. The SMILES string of the molecule is O=C(N/N=C\c1cccs1)c1ccc(Cl)c(Cl)c1. The molecule has 0 bridgehead atoms. The van der Waals surface area contributed by atoms with E-state index in [1.54, 1.807) is 18.3 Å². The fourth-order valence-electron chi connectivity index (χ4n) is 1.22. The number of carbonyl (C=O) groups is 1. The summed E-state index contributed by atoms with van der Waals surface area (Å²) in [6.07, 6.45) is 1.58. The van der Waals surface area contributed by atoms with Gasteiger partial charge >= 0.3 is 0 Å². The summed E-state index contributed by atoms with van der Waals surface area (Å²) in [7, 11) is 0. The summed E-state index contributed by atoms with van der Waals surface area (Å²) < 4.78 is 0. The van der Waals surface area contributed by atoms with E-state index in [9.17, 15) is 4.79 Å². The van der Waals surface area contributed by atoms with Gasteiger partial charge in [0, 0.05) is 10.4 Å². The van der Waals surface area contributed by atoms with Crippen molar-refractivity contribution in [3.05, 3.63) is 56.2 Å². The quantitative estimate of drug-likeness (QED) is 0.679. The highest BCUT2D eigenvalue weighted by Crippen LogP contribution is 2.22. The van der Waals surface area contributed by atoms with Gasteiger partial charge in [0.25, 0.3) is 5.91 Å². The highest BCUT2D eigenvalue weighted by atomic mass is 35.5. The number of rotatable bonds is 3. The molecule has 1 amide bonds. The molecule has 1 heterocycles. The van der Waals surface area contributed by atoms with Gasteiger partial charge in [-0.15, -0.1) is 11.3 Å². The van der Waals surface area contributed by atoms with Crippen LogP contribution in [0.5, 0.6) is 0 Å². The van der Waals surface area contributed by atoms with Gasteiger partial charge in [0.1, 0.15) is 0 Å². The highest BCUT2D eigenvalue weighted by molar-refractivity contribution is 7.11. The van der Waals surface area contributed by atoms with Gasteiger partial charge < -0.3 is 0 Å². The summed E-state index contributed by atoms with van der Waals surface area (Å²) in [6.45, 7) is 0. The van der Waals surface area contributed by atoms with E-state index in [0.717, 1.165) is 4.88 Å². The maximum Gasteiger partial charge on any atom is 0.271 e. The van der Waals surface area contributed by atoms with Crippen molar-refractivity contribution in [1.82, 2.24) is 5.43 Å². The fraction of sp³-hybridized carbons (Fsp3) is 0. The van der Waals surface area contributed by atoms with E-state index < -0.39 is 0 Å². The van der Waals surface area contributed by atoms with Crippen molar-refractivity contribution < 1.29 is 4.79 Å². The third-order valence-corrected chi connectivity index (χ3v) is 3.63. The molecular formula is C12H8Cl2N2OS. The van der Waals surface area contributed by atoms with Crippen molar-refractivity contribution in [2.24, 2.45) is 5.10 Å². The first kappa shape index (κ1) is 13.1. The number of benzene rings is 1. The van der Waals surface area contributed by atoms with Gasteiger partial charge in [0.2, 0.25) is 0 Å². The van der Waals surface area contributed by atoms with Crippen LogP contribution in [0.1, 0.15) is 15.2 Å². The molecule has 0 saturated carbocycles. The Morgan fingerprint density at radius 3 is 2.78 bits per heavy atom. The Kier molecular flexibility index (Phi) is 4.36. The predicted molar refractivity (Wildman–Crippen MR) is 75.8 cm³/mol. The minimum Gasteiger partial charge on any atom is -0.267 e. The van der Waals surface area contributed by atoms with Crippen LogP contribution in [0, 0.1) is 0 Å². The van der Waals surface area contributed by atoms with E-state index in [1.807, 2.05) is 17.5 Å². The van der Waals surface area contributed by atoms with E-state index in [0.29, 0.717) is 15.6 Å². The van der Waals surface area contributed by atoms with Crippen molar-refractivity contribution in [2.75, 3.05) is 0 Å². The minimum absolute atomic E-state index is 0.332. The van der Waals surface area contributed by atoms with Gasteiger partial charge in [-0.3, -0.25) is 4.79 Å². The molecule has 3 nitrogen and oxygen atoms in total. The third kappa shape index (κ3) is 3.32. The Morgan fingerprint density at radius 2 is 2.11 bits per heavy atom. The van der Waals surface area contributed by atoms with Gasteiger partial charge in [-0.25, -0.2) is 5.43 Å². The lowest BCUT2D eigenvalue weighted by Gasteiger charge is -2.01. The molecule has 0 fully saturated rings. The van der Waals surface area contributed by atoms with Crippen molar-refractivity contribution >= 4 is 46.7 Å². The molecule has 0 aliphatic carbocycles. The monoisotopic (exact) mass is 298 g/mol. The minimum atomic E-state index is -0.332. The van der Waals surface area contributed by atoms with E-state index in [4.69, 9.17) is 23.2 Å². The molecule has 0 spiro atoms. The Bertz CT molecular complexity index is 582. The summed E-state index contributed by atoms with van der Waals surface area (Å²) in [5.74, 6) is -0.332. The molecule has 0 radical (unpaired) electrons. The molecule has 1 aromatic carbocycles. The van der Waals surface area contributed by atoms with Gasteiger partial charge in [0.05, 0.1) is 16.3 Å². The average Bonchev–Trinajstić information content (AvgIpc) is 2.85. The van der Waals surface area contributed by atoms with Crippen molar-refractivity contribution in [3.63, 3.8) is 0 Å². The smallest absolute Gasteiger partial charge is 0.267 e. The Labute approximate surface area is 118 Å². The normalized spacial score (nSPS) is 10.8. The second kappa shape index (κ2) is 6.00. The second-order valence-corrected chi connectivity index (χ2v) is 5.14. The Hall–Kier alpha value is -1.36. The topological polar surface area (TPSA) is 41.5 Å². The van der Waals surface area contributed by atoms with Crippen LogP contribution in [-0.4, -0.2) is 12.1 Å². The Balaban J connectivity index is 2.01. The van der Waals surface area contributed by atoms with E-state index in [1.165, 1.54) is 17.4 Å². The number of carbonyl (C=O) groups excluding carboxylic acids is 1. The van der Waals surface area contributed by atoms with Crippen molar-refractivity contribution in [2.45, 2.75) is 0 Å². The number of hydrazone groups is 1. The number of halogens is 2. The average molecular weight is 299 g/mol. The zero-order chi connectivity index (χ0) is 13.0. The first-order valence-corrected chi connectivity index (χ1v) is 6.62. The molecule has 2 aromatic rings. The number of hydrogen-bond acceptors (Lipinski definition) is 3. The second-order valence-electron chi connectivity index (χ2n) is 3.34. The largest absolute Gasteiger partial charge is 0.271 e. The van der Waals surface area contributed by atoms with Crippen LogP contribution in [0.2, 0.25) is 10.0 Å². The summed E-state index contributed by atoms with van der Waals surface area (Å²) in [5.41, 5.74) is 2.83. The molecule has 0 aliphatic rings. The van der Waals surface area contributed by atoms with Crippen LogP contribution in [0.3, 0.4) is 0 Å². The number of nitrogens with one attached hydrogen (secondary N) is 1. The van der Waals surface area contributed by atoms with Gasteiger partial charge in [-0.05, 0) is 29.6 Å². The van der Waals surface area contributed by atoms with E-state index >= 15 is 0 Å². The summed E-state index contributed by atoms with van der Waals surface area (Å²) in [6, 6.07) is 8.47. The zero-order valence-electron chi connectivity index (χ0n) is 9.06. The number of amides is 1. The lowest BCUT2D eigenvalue weighted by atomic mass is 10.2. The van der Waals surface area contributed by atoms with Crippen molar-refractivity contribution in [3.8, 4) is 0 Å². The van der Waals surface area contributed by atoms with Crippen LogP contribution in [0.15, 0.2) is 40.8 Å². The summed E-state index contributed by atoms with van der Waals surface area (Å²) in [4.78, 5) is 12.7. The first-order chi connectivity index (χ1) is 8.66. The standard InChI is InChI=1S/C12H8Cl2N2OS/c13-10-4-3-8(6-11(10)14)12(17)16-15-7-9-2-1-5-18-9/h1-7H,(H,16,17)/b15-7-. The maximum absolute atomic E-state index is 11.7. The maximum atomic E-state index is 11.7. The summed E-state index contributed by atoms with van der Waals surface area (Å²) >= 11 is 13.1. The number of hydrogen-bond donors (Lipinski definition) is 1. The molecule has 1 aromatic heterocycles. The lowest BCUT2D eigenvalue weighted by molar-refractivity contribution is 0.0955. The molecular weight excluding hydrogens is 291 g/mol. The van der Waals surface area contributed by atoms with Crippen LogP contribution < -0.4 is 5.43 Å². The van der Waals surface area contributed by atoms with Crippen LogP contribution in [-0.2, 0) is 0 Å². The van der Waals surface area contributed by atoms with E-state index in [2.05, 4.69) is 10.5 Å². The molecule has 0 saturated heterocycles. The Morgan fingerprint density at radius 1 is 1.28 bits per heavy atom. The number of nitrogens with zero attached hydrogens (tertiary/aromatic N) is 1. The van der Waals surface area contributed by atoms with Gasteiger partial charge in [-0.2, -0.15) is 5.10 Å². The number of thiophene rings is 1. The zero-order valence-corrected chi connectivity index (χ0v) is 11.4. The molecule has 2 rings (SSSR count). The predicted octanol–water partition coefficient (Wildman–Crippen LogP) is 3.82. The van der Waals surface area contributed by atoms with E-state index in [-0.39, 0.29) is 5.91 Å². The van der Waals surface area contributed by atoms with Crippen molar-refractivity contribution in [1.29, 1.82) is 0 Å². The molecule has 1 N–H and O–H groups in total. The first-order valence-electron chi connectivity index (χ1n) is 4.99. The fourth-order valence-corrected chi connectivity index (χ4v) is 2.10. The molecule has 6 heteroatoms. The third-order valence-electron chi connectivity index (χ3n) is 2.08.